The fourth-order valence-electron chi connectivity index (χ4n) is 2.83. The van der Waals surface area contributed by atoms with E-state index in [2.05, 4.69) is 48.3 Å². The van der Waals surface area contributed by atoms with Gasteiger partial charge in [0.15, 0.2) is 5.96 Å². The Kier molecular flexibility index (Phi) is 8.69. The van der Waals surface area contributed by atoms with E-state index in [-0.39, 0.29) is 0 Å². The van der Waals surface area contributed by atoms with Crippen molar-refractivity contribution in [3.05, 3.63) is 0 Å². The third-order valence-electron chi connectivity index (χ3n) is 4.25. The van der Waals surface area contributed by atoms with Crippen LogP contribution in [0.15, 0.2) is 4.99 Å². The average molecular weight is 298 g/mol. The minimum Gasteiger partial charge on any atom is -0.378 e. The van der Waals surface area contributed by atoms with Crippen LogP contribution in [0.2, 0.25) is 0 Å². The van der Waals surface area contributed by atoms with Crippen LogP contribution in [-0.4, -0.2) is 63.3 Å². The van der Waals surface area contributed by atoms with Crippen molar-refractivity contribution in [1.29, 1.82) is 0 Å². The minimum absolute atomic E-state index is 0.321. The molecule has 0 radical (unpaired) electrons. The first kappa shape index (κ1) is 18.2. The van der Waals surface area contributed by atoms with E-state index in [4.69, 9.17) is 4.74 Å². The SMILES string of the molecule is CCOC(CCNC(=NC)NCC1CCCN1C)C(C)C. The number of likely N-dealkylation sites (N-methyl/N-ethyl adjacent to an activating group) is 1. The van der Waals surface area contributed by atoms with Gasteiger partial charge in [-0.25, -0.2) is 0 Å². The lowest BCUT2D eigenvalue weighted by atomic mass is 10.0. The Bertz CT molecular complexity index is 307. The van der Waals surface area contributed by atoms with Gasteiger partial charge in [-0.15, -0.1) is 0 Å². The average Bonchev–Trinajstić information content (AvgIpc) is 2.86. The van der Waals surface area contributed by atoms with Gasteiger partial charge in [-0.3, -0.25) is 4.99 Å². The molecule has 5 heteroatoms. The second-order valence-corrected chi connectivity index (χ2v) is 6.18. The normalized spacial score (nSPS) is 21.8. The minimum atomic E-state index is 0.321. The second-order valence-electron chi connectivity index (χ2n) is 6.18. The van der Waals surface area contributed by atoms with Gasteiger partial charge < -0.3 is 20.3 Å². The highest BCUT2D eigenvalue weighted by molar-refractivity contribution is 5.79. The molecule has 0 bridgehead atoms. The molecule has 5 nitrogen and oxygen atoms in total. The van der Waals surface area contributed by atoms with Crippen LogP contribution in [0.4, 0.5) is 0 Å². The number of nitrogens with one attached hydrogen (secondary N) is 2. The summed E-state index contributed by atoms with van der Waals surface area (Å²) in [4.78, 5) is 6.72. The summed E-state index contributed by atoms with van der Waals surface area (Å²) in [6, 6.07) is 0.635. The van der Waals surface area contributed by atoms with Crippen molar-refractivity contribution in [3.8, 4) is 0 Å². The third-order valence-corrected chi connectivity index (χ3v) is 4.25. The molecule has 2 atom stereocenters. The van der Waals surface area contributed by atoms with Crippen molar-refractivity contribution in [2.45, 2.75) is 52.2 Å². The molecule has 2 unspecified atom stereocenters. The van der Waals surface area contributed by atoms with Crippen molar-refractivity contribution in [1.82, 2.24) is 15.5 Å². The molecular weight excluding hydrogens is 264 g/mol. The largest absolute Gasteiger partial charge is 0.378 e. The lowest BCUT2D eigenvalue weighted by molar-refractivity contribution is 0.0258. The molecule has 21 heavy (non-hydrogen) atoms. The molecule has 1 aliphatic heterocycles. The molecule has 0 aromatic heterocycles. The van der Waals surface area contributed by atoms with Gasteiger partial charge in [0.2, 0.25) is 0 Å². The Hall–Kier alpha value is -0.810. The van der Waals surface area contributed by atoms with E-state index in [1.807, 2.05) is 7.05 Å². The summed E-state index contributed by atoms with van der Waals surface area (Å²) in [6.45, 7) is 10.3. The van der Waals surface area contributed by atoms with Gasteiger partial charge in [-0.05, 0) is 45.7 Å². The van der Waals surface area contributed by atoms with Crippen LogP contribution >= 0.6 is 0 Å². The maximum atomic E-state index is 5.77. The van der Waals surface area contributed by atoms with E-state index in [0.29, 0.717) is 18.1 Å². The molecule has 0 saturated carbocycles. The molecule has 1 saturated heterocycles. The molecular formula is C16H34N4O. The highest BCUT2D eigenvalue weighted by Gasteiger charge is 2.20. The van der Waals surface area contributed by atoms with Crippen LogP contribution < -0.4 is 10.6 Å². The summed E-state index contributed by atoms with van der Waals surface area (Å²) in [5, 5.41) is 6.83. The number of aliphatic imine (C=N–C) groups is 1. The fraction of sp³-hybridized carbons (Fsp3) is 0.938. The lowest BCUT2D eigenvalue weighted by Crippen LogP contribution is -2.44. The molecule has 2 N–H and O–H groups in total. The summed E-state index contributed by atoms with van der Waals surface area (Å²) in [6.07, 6.45) is 3.91. The Morgan fingerprint density at radius 3 is 2.67 bits per heavy atom. The number of guanidine groups is 1. The van der Waals surface area contributed by atoms with Gasteiger partial charge in [0.25, 0.3) is 0 Å². The summed E-state index contributed by atoms with van der Waals surface area (Å²) in [7, 11) is 4.03. The first-order valence-corrected chi connectivity index (χ1v) is 8.34. The zero-order valence-corrected chi connectivity index (χ0v) is 14.5. The first-order valence-electron chi connectivity index (χ1n) is 8.34. The highest BCUT2D eigenvalue weighted by atomic mass is 16.5. The zero-order valence-electron chi connectivity index (χ0n) is 14.5. The Labute approximate surface area is 130 Å². The van der Waals surface area contributed by atoms with Crippen LogP contribution in [0.1, 0.15) is 40.0 Å². The van der Waals surface area contributed by atoms with Gasteiger partial charge in [-0.2, -0.15) is 0 Å². The quantitative estimate of drug-likeness (QED) is 0.529. The van der Waals surface area contributed by atoms with Gasteiger partial charge in [0.05, 0.1) is 6.10 Å². The molecule has 0 aromatic rings. The lowest BCUT2D eigenvalue weighted by Gasteiger charge is -2.23. The molecule has 0 spiro atoms. The summed E-state index contributed by atoms with van der Waals surface area (Å²) >= 11 is 0. The standard InChI is InChI=1S/C16H34N4O/c1-6-21-15(13(2)3)9-10-18-16(17-4)19-12-14-8-7-11-20(14)5/h13-15H,6-12H2,1-5H3,(H2,17,18,19). The Morgan fingerprint density at radius 1 is 1.38 bits per heavy atom. The molecule has 1 rings (SSSR count). The maximum Gasteiger partial charge on any atom is 0.191 e. The van der Waals surface area contributed by atoms with Gasteiger partial charge in [-0.1, -0.05) is 13.8 Å². The van der Waals surface area contributed by atoms with E-state index in [9.17, 15) is 0 Å². The molecule has 1 aliphatic rings. The van der Waals surface area contributed by atoms with E-state index in [0.717, 1.165) is 32.1 Å². The zero-order chi connectivity index (χ0) is 15.7. The van der Waals surface area contributed by atoms with E-state index < -0.39 is 0 Å². The predicted octanol–water partition coefficient (Wildman–Crippen LogP) is 1.70. The van der Waals surface area contributed by atoms with E-state index in [1.165, 1.54) is 19.4 Å². The third kappa shape index (κ3) is 6.66. The summed E-state index contributed by atoms with van der Waals surface area (Å²) < 4.78 is 5.77. The van der Waals surface area contributed by atoms with E-state index in [1.54, 1.807) is 0 Å². The van der Waals surface area contributed by atoms with Crippen LogP contribution in [0.25, 0.3) is 0 Å². The van der Waals surface area contributed by atoms with Gasteiger partial charge in [0, 0.05) is 32.8 Å². The number of hydrogen-bond donors (Lipinski definition) is 2. The Morgan fingerprint density at radius 2 is 2.14 bits per heavy atom. The molecule has 124 valence electrons. The monoisotopic (exact) mass is 298 g/mol. The second kappa shape index (κ2) is 10.0. The van der Waals surface area contributed by atoms with Crippen molar-refractivity contribution < 1.29 is 4.74 Å². The van der Waals surface area contributed by atoms with Crippen molar-refractivity contribution in [3.63, 3.8) is 0 Å². The first-order chi connectivity index (χ1) is 10.1. The topological polar surface area (TPSA) is 48.9 Å². The Balaban J connectivity index is 2.24. The summed E-state index contributed by atoms with van der Waals surface area (Å²) in [5.74, 6) is 1.45. The van der Waals surface area contributed by atoms with Crippen molar-refractivity contribution in [2.24, 2.45) is 10.9 Å². The molecule has 0 amide bonds. The molecule has 1 fully saturated rings. The van der Waals surface area contributed by atoms with Crippen molar-refractivity contribution >= 4 is 5.96 Å². The smallest absolute Gasteiger partial charge is 0.191 e. The van der Waals surface area contributed by atoms with Gasteiger partial charge in [0.1, 0.15) is 0 Å². The number of nitrogens with zero attached hydrogens (tertiary/aromatic N) is 2. The van der Waals surface area contributed by atoms with Crippen LogP contribution in [0, 0.1) is 5.92 Å². The van der Waals surface area contributed by atoms with E-state index >= 15 is 0 Å². The van der Waals surface area contributed by atoms with Gasteiger partial charge >= 0.3 is 0 Å². The summed E-state index contributed by atoms with van der Waals surface area (Å²) in [5.41, 5.74) is 0. The van der Waals surface area contributed by atoms with Crippen LogP contribution in [0.3, 0.4) is 0 Å². The van der Waals surface area contributed by atoms with Crippen molar-refractivity contribution in [2.75, 3.05) is 40.3 Å². The number of rotatable bonds is 8. The number of likely N-dealkylation sites (tertiary alicyclic amines) is 1. The predicted molar refractivity (Wildman–Crippen MR) is 89.9 cm³/mol. The molecule has 0 aliphatic carbocycles. The number of ether oxygens (including phenoxy) is 1. The fourth-order valence-corrected chi connectivity index (χ4v) is 2.83. The molecule has 0 aromatic carbocycles. The maximum absolute atomic E-state index is 5.77. The number of hydrogen-bond acceptors (Lipinski definition) is 3. The highest BCUT2D eigenvalue weighted by Crippen LogP contribution is 2.13. The molecule has 1 heterocycles. The van der Waals surface area contributed by atoms with Crippen LogP contribution in [0.5, 0.6) is 0 Å². The van der Waals surface area contributed by atoms with Crippen LogP contribution in [-0.2, 0) is 4.74 Å².